The second-order valence-corrected chi connectivity index (χ2v) is 8.38. The molecule has 1 amide bonds. The lowest BCUT2D eigenvalue weighted by molar-refractivity contribution is -0.133. The molecule has 6 nitrogen and oxygen atoms in total. The van der Waals surface area contributed by atoms with Crippen LogP contribution in [0.15, 0.2) is 36.4 Å². The van der Waals surface area contributed by atoms with E-state index in [9.17, 15) is 4.79 Å². The number of hydrogen-bond donors (Lipinski definition) is 1. The Bertz CT molecular complexity index is 809. The van der Waals surface area contributed by atoms with Crippen molar-refractivity contribution in [3.05, 3.63) is 53.3 Å². The van der Waals surface area contributed by atoms with Crippen molar-refractivity contribution in [2.75, 3.05) is 19.6 Å². The number of amides is 1. The number of likely N-dealkylation sites (tertiary alicyclic amines) is 2. The van der Waals surface area contributed by atoms with Crippen molar-refractivity contribution >= 4 is 5.91 Å². The molecule has 2 bridgehead atoms. The first-order chi connectivity index (χ1) is 13.8. The molecule has 1 aromatic heterocycles. The number of nitrogens with zero attached hydrogens (tertiary/aromatic N) is 4. The molecular formula is C22H29N5O. The van der Waals surface area contributed by atoms with Crippen molar-refractivity contribution in [3.63, 3.8) is 0 Å². The molecule has 6 heteroatoms. The number of carbonyl (C=O) groups is 1. The maximum absolute atomic E-state index is 12.8. The van der Waals surface area contributed by atoms with Gasteiger partial charge >= 0.3 is 0 Å². The van der Waals surface area contributed by atoms with Crippen LogP contribution in [0.4, 0.5) is 0 Å². The Kier molecular flexibility index (Phi) is 4.91. The molecule has 1 aromatic carbocycles. The summed E-state index contributed by atoms with van der Waals surface area (Å²) in [4.78, 5) is 17.5. The summed E-state index contributed by atoms with van der Waals surface area (Å²) in [5.74, 6) is 0.299. The Hall–Kier alpha value is -2.18. The minimum atomic E-state index is 0.299. The Morgan fingerprint density at radius 1 is 1.18 bits per heavy atom. The van der Waals surface area contributed by atoms with Gasteiger partial charge in [-0.05, 0) is 31.0 Å². The molecule has 0 spiro atoms. The highest BCUT2D eigenvalue weighted by Crippen LogP contribution is 2.32. The van der Waals surface area contributed by atoms with E-state index in [0.29, 0.717) is 24.4 Å². The van der Waals surface area contributed by atoms with Crippen LogP contribution in [0.3, 0.4) is 0 Å². The molecule has 3 aliphatic heterocycles. The topological polar surface area (TPSA) is 53.4 Å². The van der Waals surface area contributed by atoms with Gasteiger partial charge in [-0.2, -0.15) is 5.10 Å². The first-order valence-corrected chi connectivity index (χ1v) is 10.6. The van der Waals surface area contributed by atoms with E-state index in [4.69, 9.17) is 5.10 Å². The molecule has 0 unspecified atom stereocenters. The van der Waals surface area contributed by atoms with Crippen LogP contribution in [0.5, 0.6) is 0 Å². The van der Waals surface area contributed by atoms with Crippen LogP contribution in [-0.4, -0.2) is 57.2 Å². The molecule has 5 rings (SSSR count). The van der Waals surface area contributed by atoms with Crippen LogP contribution in [0, 0.1) is 0 Å². The lowest BCUT2D eigenvalue weighted by Crippen LogP contribution is -2.48. The molecule has 4 heterocycles. The SMILES string of the molecule is O=C(CCc1cc2n(n1)CCCNC2)N1C[C@@H]2C[C@H]1CN2Cc1ccccc1. The van der Waals surface area contributed by atoms with Gasteiger partial charge in [0.25, 0.3) is 0 Å². The van der Waals surface area contributed by atoms with E-state index >= 15 is 0 Å². The average molecular weight is 380 g/mol. The predicted molar refractivity (Wildman–Crippen MR) is 108 cm³/mol. The highest BCUT2D eigenvalue weighted by atomic mass is 16.2. The molecule has 0 aliphatic carbocycles. The number of nitrogens with one attached hydrogen (secondary N) is 1. The third-order valence-corrected chi connectivity index (χ3v) is 6.44. The van der Waals surface area contributed by atoms with Gasteiger partial charge < -0.3 is 10.2 Å². The Morgan fingerprint density at radius 2 is 2.07 bits per heavy atom. The highest BCUT2D eigenvalue weighted by Gasteiger charge is 2.44. The fourth-order valence-electron chi connectivity index (χ4n) is 4.99. The summed E-state index contributed by atoms with van der Waals surface area (Å²) in [5, 5.41) is 8.14. The van der Waals surface area contributed by atoms with Gasteiger partial charge in [0.1, 0.15) is 0 Å². The number of fused-ring (bicyclic) bond motifs is 3. The standard InChI is InChI=1S/C22H29N5O/c28-22(8-7-18-11-19-13-23-9-4-10-27(19)24-18)26-16-20-12-21(26)15-25(20)14-17-5-2-1-3-6-17/h1-3,5-6,11,20-21,23H,4,7-10,12-16H2/t20-,21-/m0/s1. The van der Waals surface area contributed by atoms with Crippen LogP contribution >= 0.6 is 0 Å². The molecule has 2 aromatic rings. The van der Waals surface area contributed by atoms with Gasteiger partial charge in [0.05, 0.1) is 11.4 Å². The summed E-state index contributed by atoms with van der Waals surface area (Å²) in [6, 6.07) is 13.7. The van der Waals surface area contributed by atoms with E-state index in [0.717, 1.165) is 64.2 Å². The fourth-order valence-corrected chi connectivity index (χ4v) is 4.99. The van der Waals surface area contributed by atoms with Crippen LogP contribution < -0.4 is 5.32 Å². The zero-order valence-corrected chi connectivity index (χ0v) is 16.4. The minimum Gasteiger partial charge on any atom is -0.337 e. The predicted octanol–water partition coefficient (Wildman–Crippen LogP) is 1.79. The fraction of sp³-hybridized carbons (Fsp3) is 0.545. The monoisotopic (exact) mass is 379 g/mol. The molecule has 0 radical (unpaired) electrons. The van der Waals surface area contributed by atoms with E-state index < -0.39 is 0 Å². The number of benzene rings is 1. The van der Waals surface area contributed by atoms with Crippen LogP contribution in [0.1, 0.15) is 36.2 Å². The Balaban J connectivity index is 1.14. The molecule has 3 aliphatic rings. The zero-order chi connectivity index (χ0) is 18.9. The maximum Gasteiger partial charge on any atom is 0.223 e. The van der Waals surface area contributed by atoms with Crippen molar-refractivity contribution in [2.24, 2.45) is 0 Å². The molecular weight excluding hydrogens is 350 g/mol. The van der Waals surface area contributed by atoms with E-state index in [1.807, 2.05) is 0 Å². The van der Waals surface area contributed by atoms with E-state index in [-0.39, 0.29) is 0 Å². The number of hydrogen-bond acceptors (Lipinski definition) is 4. The molecule has 1 N–H and O–H groups in total. The van der Waals surface area contributed by atoms with E-state index in [2.05, 4.69) is 56.2 Å². The molecule has 0 saturated carbocycles. The van der Waals surface area contributed by atoms with Gasteiger partial charge in [-0.25, -0.2) is 0 Å². The molecule has 2 fully saturated rings. The van der Waals surface area contributed by atoms with E-state index in [1.165, 1.54) is 11.3 Å². The van der Waals surface area contributed by atoms with Gasteiger partial charge in [-0.3, -0.25) is 14.4 Å². The first kappa shape index (κ1) is 17.9. The summed E-state index contributed by atoms with van der Waals surface area (Å²) in [6.07, 6.45) is 3.57. The summed E-state index contributed by atoms with van der Waals surface area (Å²) in [6.45, 7) is 5.81. The van der Waals surface area contributed by atoms with Crippen molar-refractivity contribution in [1.29, 1.82) is 0 Å². The quantitative estimate of drug-likeness (QED) is 0.861. The first-order valence-electron chi connectivity index (χ1n) is 10.6. The molecule has 2 atom stereocenters. The minimum absolute atomic E-state index is 0.299. The number of aromatic nitrogens is 2. The number of piperazine rings is 1. The van der Waals surface area contributed by atoms with Gasteiger partial charge in [0, 0.05) is 57.6 Å². The Morgan fingerprint density at radius 3 is 2.89 bits per heavy atom. The summed E-state index contributed by atoms with van der Waals surface area (Å²) >= 11 is 0. The van der Waals surface area contributed by atoms with Crippen LogP contribution in [0.25, 0.3) is 0 Å². The molecule has 2 saturated heterocycles. The zero-order valence-electron chi connectivity index (χ0n) is 16.4. The van der Waals surface area contributed by atoms with Crippen molar-refractivity contribution in [1.82, 2.24) is 24.9 Å². The van der Waals surface area contributed by atoms with Crippen LogP contribution in [0.2, 0.25) is 0 Å². The maximum atomic E-state index is 12.8. The van der Waals surface area contributed by atoms with Gasteiger partial charge in [0.15, 0.2) is 0 Å². The summed E-state index contributed by atoms with van der Waals surface area (Å²) < 4.78 is 2.11. The van der Waals surface area contributed by atoms with Crippen LogP contribution in [-0.2, 0) is 30.8 Å². The van der Waals surface area contributed by atoms with Crippen molar-refractivity contribution < 1.29 is 4.79 Å². The smallest absolute Gasteiger partial charge is 0.223 e. The lowest BCUT2D eigenvalue weighted by atomic mass is 10.1. The van der Waals surface area contributed by atoms with Crippen molar-refractivity contribution in [3.8, 4) is 0 Å². The summed E-state index contributed by atoms with van der Waals surface area (Å²) in [7, 11) is 0. The third kappa shape index (κ3) is 3.59. The Labute approximate surface area is 166 Å². The van der Waals surface area contributed by atoms with Crippen molar-refractivity contribution in [2.45, 2.75) is 57.4 Å². The van der Waals surface area contributed by atoms with Gasteiger partial charge in [0.2, 0.25) is 5.91 Å². The largest absolute Gasteiger partial charge is 0.337 e. The molecule has 148 valence electrons. The number of carbonyl (C=O) groups excluding carboxylic acids is 1. The number of rotatable bonds is 5. The average Bonchev–Trinajstić information content (AvgIpc) is 3.37. The van der Waals surface area contributed by atoms with Gasteiger partial charge in [-0.15, -0.1) is 0 Å². The second-order valence-electron chi connectivity index (χ2n) is 8.38. The summed E-state index contributed by atoms with van der Waals surface area (Å²) in [5.41, 5.74) is 3.67. The normalized spacial score (nSPS) is 24.4. The highest BCUT2D eigenvalue weighted by molar-refractivity contribution is 5.77. The number of aryl methyl sites for hydroxylation is 2. The second kappa shape index (κ2) is 7.68. The molecule has 28 heavy (non-hydrogen) atoms. The van der Waals surface area contributed by atoms with Gasteiger partial charge in [-0.1, -0.05) is 30.3 Å². The van der Waals surface area contributed by atoms with E-state index in [1.54, 1.807) is 0 Å². The third-order valence-electron chi connectivity index (χ3n) is 6.44. The lowest BCUT2D eigenvalue weighted by Gasteiger charge is -2.34.